The van der Waals surface area contributed by atoms with Gasteiger partial charge >= 0.3 is 5.97 Å². The van der Waals surface area contributed by atoms with Crippen LogP contribution in [0.2, 0.25) is 10.0 Å². The number of halogens is 2. The monoisotopic (exact) mass is 366 g/mol. The number of hydrogen-bond acceptors (Lipinski definition) is 4. The summed E-state index contributed by atoms with van der Waals surface area (Å²) in [6.07, 6.45) is 1.23. The Morgan fingerprint density at radius 3 is 2.50 bits per heavy atom. The molecule has 0 aliphatic rings. The van der Waals surface area contributed by atoms with Gasteiger partial charge in [0.05, 0.1) is 15.6 Å². The van der Waals surface area contributed by atoms with Gasteiger partial charge in [0.25, 0.3) is 5.91 Å². The van der Waals surface area contributed by atoms with Crippen LogP contribution in [-0.2, 0) is 16.0 Å². The lowest BCUT2D eigenvalue weighted by atomic mass is 10.1. The Hall–Kier alpha value is -2.11. The molecule has 1 N–H and O–H groups in total. The molecule has 0 saturated heterocycles. The fourth-order valence-corrected chi connectivity index (χ4v) is 2.31. The van der Waals surface area contributed by atoms with E-state index in [0.717, 1.165) is 12.0 Å². The third-order valence-corrected chi connectivity index (χ3v) is 3.80. The number of nitrogens with zero attached hydrogens (tertiary/aromatic N) is 1. The molecular weight excluding hydrogens is 351 g/mol. The van der Waals surface area contributed by atoms with E-state index in [-0.39, 0.29) is 10.8 Å². The van der Waals surface area contributed by atoms with Gasteiger partial charge in [0.1, 0.15) is 0 Å². The van der Waals surface area contributed by atoms with Gasteiger partial charge in [0.2, 0.25) is 0 Å². The average Bonchev–Trinajstić information content (AvgIpc) is 2.57. The molecule has 0 saturated carbocycles. The predicted octanol–water partition coefficient (Wildman–Crippen LogP) is 4.13. The zero-order valence-corrected chi connectivity index (χ0v) is 14.7. The Bertz CT molecular complexity index is 748. The first kappa shape index (κ1) is 18.2. The van der Waals surface area contributed by atoms with E-state index in [2.05, 4.69) is 10.3 Å². The van der Waals surface area contributed by atoms with Crippen molar-refractivity contribution in [2.24, 2.45) is 0 Å². The number of anilines is 1. The molecule has 7 heteroatoms. The second-order valence-corrected chi connectivity index (χ2v) is 5.91. The van der Waals surface area contributed by atoms with Gasteiger partial charge in [0.15, 0.2) is 11.9 Å². The minimum Gasteiger partial charge on any atom is -0.449 e. The van der Waals surface area contributed by atoms with E-state index in [4.69, 9.17) is 27.9 Å². The van der Waals surface area contributed by atoms with Gasteiger partial charge in [-0.15, -0.1) is 0 Å². The lowest BCUT2D eigenvalue weighted by Gasteiger charge is -2.14. The molecule has 1 unspecified atom stereocenters. The van der Waals surface area contributed by atoms with Crippen molar-refractivity contribution in [3.63, 3.8) is 0 Å². The highest BCUT2D eigenvalue weighted by atomic mass is 35.5. The molecule has 0 spiro atoms. The van der Waals surface area contributed by atoms with E-state index in [1.165, 1.54) is 19.2 Å². The maximum absolute atomic E-state index is 12.1. The van der Waals surface area contributed by atoms with Crippen LogP contribution in [0.15, 0.2) is 36.5 Å². The molecule has 0 bridgehead atoms. The minimum atomic E-state index is -1.00. The molecule has 24 heavy (non-hydrogen) atoms. The topological polar surface area (TPSA) is 68.3 Å². The van der Waals surface area contributed by atoms with Crippen molar-refractivity contribution in [3.05, 3.63) is 57.7 Å². The number of benzene rings is 1. The highest BCUT2D eigenvalue weighted by molar-refractivity contribution is 6.36. The van der Waals surface area contributed by atoms with Crippen LogP contribution in [0.5, 0.6) is 0 Å². The maximum Gasteiger partial charge on any atom is 0.338 e. The molecule has 1 heterocycles. The molecule has 126 valence electrons. The fraction of sp³-hybridized carbons (Fsp3) is 0.235. The lowest BCUT2D eigenvalue weighted by molar-refractivity contribution is -0.123. The van der Waals surface area contributed by atoms with Crippen molar-refractivity contribution in [1.82, 2.24) is 4.98 Å². The van der Waals surface area contributed by atoms with Crippen molar-refractivity contribution in [1.29, 1.82) is 0 Å². The summed E-state index contributed by atoms with van der Waals surface area (Å²) in [5, 5.41) is 3.05. The molecule has 2 aromatic rings. The van der Waals surface area contributed by atoms with Gasteiger partial charge in [-0.05, 0) is 37.1 Å². The normalized spacial score (nSPS) is 11.7. The third kappa shape index (κ3) is 4.69. The van der Waals surface area contributed by atoms with Crippen molar-refractivity contribution in [2.75, 3.05) is 5.32 Å². The smallest absolute Gasteiger partial charge is 0.338 e. The zero-order valence-electron chi connectivity index (χ0n) is 13.2. The number of carbonyl (C=O) groups excluding carboxylic acids is 2. The summed E-state index contributed by atoms with van der Waals surface area (Å²) >= 11 is 11.7. The number of pyridine rings is 1. The second kappa shape index (κ2) is 8.13. The van der Waals surface area contributed by atoms with E-state index in [1.807, 2.05) is 19.1 Å². The number of rotatable bonds is 5. The van der Waals surface area contributed by atoms with Crippen molar-refractivity contribution < 1.29 is 14.3 Å². The third-order valence-electron chi connectivity index (χ3n) is 3.30. The SMILES string of the molecule is CCc1ccc(C(=O)OC(C)C(=O)Nc2ncc(Cl)cc2Cl)cc1. The summed E-state index contributed by atoms with van der Waals surface area (Å²) in [4.78, 5) is 28.1. The molecular formula is C17H16Cl2N2O3. The van der Waals surface area contributed by atoms with Crippen LogP contribution in [0.4, 0.5) is 5.82 Å². The van der Waals surface area contributed by atoms with Gasteiger partial charge in [-0.25, -0.2) is 9.78 Å². The van der Waals surface area contributed by atoms with Gasteiger partial charge < -0.3 is 10.1 Å². The standard InChI is InChI=1S/C17H16Cl2N2O3/c1-3-11-4-6-12(7-5-11)17(23)24-10(2)16(22)21-15-14(19)8-13(18)9-20-15/h4-10H,3H2,1-2H3,(H,20,21,22). The minimum absolute atomic E-state index is 0.154. The van der Waals surface area contributed by atoms with E-state index in [0.29, 0.717) is 10.6 Å². The van der Waals surface area contributed by atoms with E-state index in [9.17, 15) is 9.59 Å². The van der Waals surface area contributed by atoms with E-state index < -0.39 is 18.0 Å². The van der Waals surface area contributed by atoms with Gasteiger partial charge in [-0.3, -0.25) is 4.79 Å². The number of carbonyl (C=O) groups is 2. The summed E-state index contributed by atoms with van der Waals surface area (Å²) in [5.41, 5.74) is 1.50. The van der Waals surface area contributed by atoms with Crippen molar-refractivity contribution >= 4 is 40.9 Å². The molecule has 0 aliphatic carbocycles. The lowest BCUT2D eigenvalue weighted by Crippen LogP contribution is -2.30. The summed E-state index contributed by atoms with van der Waals surface area (Å²) in [6, 6.07) is 8.49. The van der Waals surface area contributed by atoms with Crippen LogP contribution in [0.1, 0.15) is 29.8 Å². The summed E-state index contributed by atoms with van der Waals surface area (Å²) in [7, 11) is 0. The Morgan fingerprint density at radius 2 is 1.92 bits per heavy atom. The van der Waals surface area contributed by atoms with Gasteiger partial charge in [0, 0.05) is 6.20 Å². The highest BCUT2D eigenvalue weighted by Gasteiger charge is 2.20. The molecule has 2 rings (SSSR count). The van der Waals surface area contributed by atoms with Crippen molar-refractivity contribution in [2.45, 2.75) is 26.4 Å². The van der Waals surface area contributed by atoms with Gasteiger partial charge in [-0.2, -0.15) is 0 Å². The first-order valence-corrected chi connectivity index (χ1v) is 8.08. The molecule has 0 fully saturated rings. The van der Waals surface area contributed by atoms with Crippen LogP contribution in [0.3, 0.4) is 0 Å². The van der Waals surface area contributed by atoms with E-state index in [1.54, 1.807) is 12.1 Å². The fourth-order valence-electron chi connectivity index (χ4n) is 1.88. The summed E-state index contributed by atoms with van der Waals surface area (Å²) in [6.45, 7) is 3.49. The van der Waals surface area contributed by atoms with E-state index >= 15 is 0 Å². The molecule has 1 amide bonds. The molecule has 5 nitrogen and oxygen atoms in total. The Labute approximate surface area is 149 Å². The average molecular weight is 367 g/mol. The first-order valence-electron chi connectivity index (χ1n) is 7.32. The molecule has 0 aliphatic heterocycles. The number of ether oxygens (including phenoxy) is 1. The number of esters is 1. The van der Waals surface area contributed by atoms with Crippen LogP contribution >= 0.6 is 23.2 Å². The number of amides is 1. The number of aromatic nitrogens is 1. The molecule has 0 radical (unpaired) electrons. The maximum atomic E-state index is 12.1. The van der Waals surface area contributed by atoms with Gasteiger partial charge in [-0.1, -0.05) is 42.3 Å². The highest BCUT2D eigenvalue weighted by Crippen LogP contribution is 2.22. The van der Waals surface area contributed by atoms with Crippen molar-refractivity contribution in [3.8, 4) is 0 Å². The number of nitrogens with one attached hydrogen (secondary N) is 1. The van der Waals surface area contributed by atoms with Crippen LogP contribution in [0, 0.1) is 0 Å². The Morgan fingerprint density at radius 1 is 1.25 bits per heavy atom. The number of aryl methyl sites for hydroxylation is 1. The Balaban J connectivity index is 1.98. The van der Waals surface area contributed by atoms with Crippen LogP contribution in [0.25, 0.3) is 0 Å². The largest absolute Gasteiger partial charge is 0.449 e. The first-order chi connectivity index (χ1) is 11.4. The molecule has 1 aromatic heterocycles. The molecule has 1 atom stereocenters. The van der Waals surface area contributed by atoms with Crippen LogP contribution < -0.4 is 5.32 Å². The predicted molar refractivity (Wildman–Crippen MR) is 93.6 cm³/mol. The summed E-state index contributed by atoms with van der Waals surface area (Å²) in [5.74, 6) is -0.956. The number of hydrogen-bond donors (Lipinski definition) is 1. The Kier molecular flexibility index (Phi) is 6.17. The van der Waals surface area contributed by atoms with Crippen LogP contribution in [-0.4, -0.2) is 23.0 Å². The summed E-state index contributed by atoms with van der Waals surface area (Å²) < 4.78 is 5.16. The second-order valence-electron chi connectivity index (χ2n) is 5.07. The zero-order chi connectivity index (χ0) is 17.7. The molecule has 1 aromatic carbocycles. The quantitative estimate of drug-likeness (QED) is 0.807.